The van der Waals surface area contributed by atoms with Gasteiger partial charge in [-0.2, -0.15) is 0 Å². The maximum Gasteiger partial charge on any atom is 0.145 e. The van der Waals surface area contributed by atoms with E-state index < -0.39 is 5.82 Å². The maximum atomic E-state index is 13.2. The Kier molecular flexibility index (Phi) is 3.36. The van der Waals surface area contributed by atoms with E-state index in [-0.39, 0.29) is 5.02 Å². The van der Waals surface area contributed by atoms with Crippen LogP contribution < -0.4 is 16.6 Å². The largest absolute Gasteiger partial charge is 0.340 e. The van der Waals surface area contributed by atoms with E-state index in [1.165, 1.54) is 18.5 Å². The van der Waals surface area contributed by atoms with Crippen LogP contribution in [0.1, 0.15) is 0 Å². The summed E-state index contributed by atoms with van der Waals surface area (Å²) in [5.41, 5.74) is 2.92. The summed E-state index contributed by atoms with van der Waals surface area (Å²) in [6, 6.07) is 5.97. The van der Waals surface area contributed by atoms with E-state index >= 15 is 0 Å². The van der Waals surface area contributed by atoms with Crippen molar-refractivity contribution in [2.24, 2.45) is 5.84 Å². The van der Waals surface area contributed by atoms with Crippen molar-refractivity contribution in [1.29, 1.82) is 0 Å². The standard InChI is InChI=1S/C10H9ClFN5/c11-7-2-1-6(3-8(7)12)16-9-4-10(17-13)15-5-14-9/h1-5H,13H2,(H2,14,15,16,17). The Balaban J connectivity index is 2.22. The number of hydrazine groups is 1. The van der Waals surface area contributed by atoms with E-state index in [1.54, 1.807) is 12.1 Å². The second kappa shape index (κ2) is 4.94. The average molecular weight is 254 g/mol. The van der Waals surface area contributed by atoms with E-state index in [0.717, 1.165) is 0 Å². The summed E-state index contributed by atoms with van der Waals surface area (Å²) in [4.78, 5) is 7.81. The lowest BCUT2D eigenvalue weighted by molar-refractivity contribution is 0.629. The summed E-state index contributed by atoms with van der Waals surface area (Å²) in [5.74, 6) is 5.66. The van der Waals surface area contributed by atoms with Crippen molar-refractivity contribution >= 4 is 28.9 Å². The van der Waals surface area contributed by atoms with Crippen molar-refractivity contribution in [1.82, 2.24) is 9.97 Å². The summed E-state index contributed by atoms with van der Waals surface area (Å²) in [6.07, 6.45) is 1.34. The van der Waals surface area contributed by atoms with Crippen LogP contribution in [-0.2, 0) is 0 Å². The number of nitrogens with one attached hydrogen (secondary N) is 2. The van der Waals surface area contributed by atoms with Gasteiger partial charge < -0.3 is 10.7 Å². The minimum atomic E-state index is -0.497. The zero-order valence-electron chi connectivity index (χ0n) is 8.61. The Labute approximate surface area is 102 Å². The Morgan fingerprint density at radius 1 is 1.18 bits per heavy atom. The molecule has 1 heterocycles. The fourth-order valence-electron chi connectivity index (χ4n) is 1.23. The van der Waals surface area contributed by atoms with Gasteiger partial charge in [-0.1, -0.05) is 11.6 Å². The Hall–Kier alpha value is -1.92. The van der Waals surface area contributed by atoms with Crippen LogP contribution in [0.2, 0.25) is 5.02 Å². The third-order valence-electron chi connectivity index (χ3n) is 2.01. The molecule has 88 valence electrons. The third-order valence-corrected chi connectivity index (χ3v) is 2.31. The SMILES string of the molecule is NNc1cc(Nc2ccc(Cl)c(F)c2)ncn1. The lowest BCUT2D eigenvalue weighted by atomic mass is 10.3. The Morgan fingerprint density at radius 2 is 1.94 bits per heavy atom. The second-order valence-corrected chi connectivity index (χ2v) is 3.59. The van der Waals surface area contributed by atoms with Gasteiger partial charge in [0.05, 0.1) is 5.02 Å². The molecule has 0 atom stereocenters. The van der Waals surface area contributed by atoms with Gasteiger partial charge in [-0.05, 0) is 18.2 Å². The molecular weight excluding hydrogens is 245 g/mol. The van der Waals surface area contributed by atoms with Crippen LogP contribution in [0.4, 0.5) is 21.7 Å². The van der Waals surface area contributed by atoms with Gasteiger partial charge in [-0.3, -0.25) is 0 Å². The normalized spacial score (nSPS) is 10.1. The number of benzene rings is 1. The summed E-state index contributed by atoms with van der Waals surface area (Å²) in [6.45, 7) is 0. The average Bonchev–Trinajstić information content (AvgIpc) is 2.34. The summed E-state index contributed by atoms with van der Waals surface area (Å²) >= 11 is 5.58. The number of nitrogen functional groups attached to an aromatic ring is 1. The van der Waals surface area contributed by atoms with Crippen LogP contribution in [0.15, 0.2) is 30.6 Å². The highest BCUT2D eigenvalue weighted by molar-refractivity contribution is 6.30. The maximum absolute atomic E-state index is 13.2. The predicted octanol–water partition coefficient (Wildman–Crippen LogP) is 2.30. The van der Waals surface area contributed by atoms with E-state index in [4.69, 9.17) is 17.4 Å². The Morgan fingerprint density at radius 3 is 2.65 bits per heavy atom. The molecule has 0 radical (unpaired) electrons. The topological polar surface area (TPSA) is 75.9 Å². The van der Waals surface area contributed by atoms with E-state index in [2.05, 4.69) is 20.7 Å². The fourth-order valence-corrected chi connectivity index (χ4v) is 1.34. The van der Waals surface area contributed by atoms with Gasteiger partial charge in [-0.15, -0.1) is 0 Å². The number of hydrogen-bond donors (Lipinski definition) is 3. The first kappa shape index (κ1) is 11.6. The third kappa shape index (κ3) is 2.80. The van der Waals surface area contributed by atoms with Crippen molar-refractivity contribution in [2.75, 3.05) is 10.7 Å². The zero-order valence-corrected chi connectivity index (χ0v) is 9.37. The lowest BCUT2D eigenvalue weighted by Crippen LogP contribution is -2.09. The second-order valence-electron chi connectivity index (χ2n) is 3.19. The smallest absolute Gasteiger partial charge is 0.145 e. The molecular formula is C10H9ClFN5. The zero-order chi connectivity index (χ0) is 12.3. The molecule has 1 aromatic heterocycles. The molecule has 17 heavy (non-hydrogen) atoms. The predicted molar refractivity (Wildman–Crippen MR) is 64.5 cm³/mol. The number of nitrogens with two attached hydrogens (primary N) is 1. The molecule has 2 aromatic rings. The number of anilines is 3. The van der Waals surface area contributed by atoms with Crippen molar-refractivity contribution in [3.63, 3.8) is 0 Å². The number of nitrogens with zero attached hydrogens (tertiary/aromatic N) is 2. The van der Waals surface area contributed by atoms with Gasteiger partial charge in [0.1, 0.15) is 23.8 Å². The molecule has 2 rings (SSSR count). The molecule has 0 spiro atoms. The van der Waals surface area contributed by atoms with E-state index in [9.17, 15) is 4.39 Å². The molecule has 5 nitrogen and oxygen atoms in total. The minimum Gasteiger partial charge on any atom is -0.340 e. The molecule has 0 bridgehead atoms. The Bertz CT molecular complexity index is 534. The van der Waals surface area contributed by atoms with Gasteiger partial charge >= 0.3 is 0 Å². The molecule has 7 heteroatoms. The van der Waals surface area contributed by atoms with E-state index in [1.807, 2.05) is 0 Å². The minimum absolute atomic E-state index is 0.0718. The molecule has 0 aliphatic heterocycles. The van der Waals surface area contributed by atoms with Crippen LogP contribution >= 0.6 is 11.6 Å². The van der Waals surface area contributed by atoms with Crippen LogP contribution in [0.25, 0.3) is 0 Å². The van der Waals surface area contributed by atoms with Crippen molar-refractivity contribution in [3.05, 3.63) is 41.4 Å². The van der Waals surface area contributed by atoms with Crippen molar-refractivity contribution in [3.8, 4) is 0 Å². The molecule has 0 saturated carbocycles. The molecule has 0 unspecified atom stereocenters. The molecule has 1 aromatic carbocycles. The van der Waals surface area contributed by atoms with Gasteiger partial charge in [-0.25, -0.2) is 20.2 Å². The quantitative estimate of drug-likeness (QED) is 0.578. The monoisotopic (exact) mass is 253 g/mol. The van der Waals surface area contributed by atoms with Gasteiger partial charge in [0, 0.05) is 11.8 Å². The highest BCUT2D eigenvalue weighted by Crippen LogP contribution is 2.21. The van der Waals surface area contributed by atoms with Crippen LogP contribution in [0.5, 0.6) is 0 Å². The van der Waals surface area contributed by atoms with Crippen LogP contribution in [0, 0.1) is 5.82 Å². The molecule has 0 saturated heterocycles. The number of aromatic nitrogens is 2. The van der Waals surface area contributed by atoms with Crippen LogP contribution in [-0.4, -0.2) is 9.97 Å². The first-order valence-electron chi connectivity index (χ1n) is 4.70. The van der Waals surface area contributed by atoms with E-state index in [0.29, 0.717) is 17.3 Å². The first-order valence-corrected chi connectivity index (χ1v) is 5.07. The highest BCUT2D eigenvalue weighted by Gasteiger charge is 2.02. The molecule has 4 N–H and O–H groups in total. The van der Waals surface area contributed by atoms with Gasteiger partial charge in [0.2, 0.25) is 0 Å². The fraction of sp³-hybridized carbons (Fsp3) is 0. The lowest BCUT2D eigenvalue weighted by Gasteiger charge is -2.07. The molecule has 0 fully saturated rings. The first-order chi connectivity index (χ1) is 8.19. The summed E-state index contributed by atoms with van der Waals surface area (Å²) in [5, 5.41) is 2.97. The van der Waals surface area contributed by atoms with Gasteiger partial charge in [0.25, 0.3) is 0 Å². The number of halogens is 2. The molecule has 0 amide bonds. The van der Waals surface area contributed by atoms with Crippen molar-refractivity contribution in [2.45, 2.75) is 0 Å². The van der Waals surface area contributed by atoms with Crippen LogP contribution in [0.3, 0.4) is 0 Å². The summed E-state index contributed by atoms with van der Waals surface area (Å²) in [7, 11) is 0. The molecule has 0 aliphatic rings. The number of rotatable bonds is 3. The van der Waals surface area contributed by atoms with Gasteiger partial charge in [0.15, 0.2) is 0 Å². The summed E-state index contributed by atoms with van der Waals surface area (Å²) < 4.78 is 13.2. The highest BCUT2D eigenvalue weighted by atomic mass is 35.5. The molecule has 0 aliphatic carbocycles. The number of hydrogen-bond acceptors (Lipinski definition) is 5. The van der Waals surface area contributed by atoms with Crippen molar-refractivity contribution < 1.29 is 4.39 Å².